The zero-order chi connectivity index (χ0) is 19.7. The Bertz CT molecular complexity index is 928. The van der Waals surface area contributed by atoms with Crippen molar-refractivity contribution in [2.45, 2.75) is 6.54 Å². The van der Waals surface area contributed by atoms with Crippen LogP contribution in [0.3, 0.4) is 0 Å². The fourth-order valence-electron chi connectivity index (χ4n) is 3.81. The molecule has 2 fully saturated rings. The number of hydrogen-bond acceptors (Lipinski definition) is 6. The quantitative estimate of drug-likeness (QED) is 0.708. The molecule has 3 aliphatic heterocycles. The van der Waals surface area contributed by atoms with Crippen molar-refractivity contribution in [2.75, 3.05) is 52.6 Å². The molecule has 10 heteroatoms. The standard InChI is InChI=1S/C19H24N5O4P/c25-29(23-7-11-26-12-8-23,24-9-13-27-14-10-24)28-19-18-20-5-6-22(18)15-16-3-1-2-4-17(16)21-19/h1-6H,7-15H2. The van der Waals surface area contributed by atoms with Crippen LogP contribution in [0.15, 0.2) is 41.7 Å². The average Bonchev–Trinajstić information content (AvgIpc) is 3.18. The fraction of sp³-hybridized carbons (Fsp3) is 0.474. The molecule has 0 saturated carbocycles. The zero-order valence-corrected chi connectivity index (χ0v) is 17.0. The lowest BCUT2D eigenvalue weighted by Crippen LogP contribution is -2.44. The first-order valence-electron chi connectivity index (χ1n) is 9.88. The molecule has 0 unspecified atom stereocenters. The summed E-state index contributed by atoms with van der Waals surface area (Å²) < 4.78 is 37.4. The molecule has 0 aliphatic carbocycles. The SMILES string of the molecule is O=P(OC1=Nc2ccccc2Cn2ccnc21)(N1CCOCC1)N1CCOCC1. The third kappa shape index (κ3) is 3.65. The van der Waals surface area contributed by atoms with E-state index in [0.717, 1.165) is 11.3 Å². The lowest BCUT2D eigenvalue weighted by atomic mass is 10.2. The van der Waals surface area contributed by atoms with E-state index < -0.39 is 7.67 Å². The van der Waals surface area contributed by atoms with Gasteiger partial charge in [0.05, 0.1) is 38.7 Å². The van der Waals surface area contributed by atoms with Crippen LogP contribution in [0.25, 0.3) is 0 Å². The number of ether oxygens (including phenoxy) is 2. The Morgan fingerprint density at radius 3 is 2.31 bits per heavy atom. The van der Waals surface area contributed by atoms with Gasteiger partial charge in [0.15, 0.2) is 5.82 Å². The molecule has 154 valence electrons. The topological polar surface area (TPSA) is 81.4 Å². The normalized spacial score (nSPS) is 21.0. The smallest absolute Gasteiger partial charge is 0.397 e. The molecule has 3 aliphatic rings. The van der Waals surface area contributed by atoms with Gasteiger partial charge >= 0.3 is 7.67 Å². The number of aromatic nitrogens is 2. The summed E-state index contributed by atoms with van der Waals surface area (Å²) in [6, 6.07) is 7.91. The predicted molar refractivity (Wildman–Crippen MR) is 107 cm³/mol. The van der Waals surface area contributed by atoms with Gasteiger partial charge in [-0.25, -0.2) is 23.9 Å². The van der Waals surface area contributed by atoms with Crippen LogP contribution in [0.4, 0.5) is 5.69 Å². The first-order chi connectivity index (χ1) is 14.2. The molecule has 1 aromatic heterocycles. The highest BCUT2D eigenvalue weighted by molar-refractivity contribution is 7.54. The molecule has 0 radical (unpaired) electrons. The second kappa shape index (κ2) is 8.01. The van der Waals surface area contributed by atoms with E-state index >= 15 is 0 Å². The van der Waals surface area contributed by atoms with Crippen molar-refractivity contribution in [1.29, 1.82) is 0 Å². The summed E-state index contributed by atoms with van der Waals surface area (Å²) in [6.45, 7) is 4.95. The molecule has 2 saturated heterocycles. The van der Waals surface area contributed by atoms with Crippen molar-refractivity contribution < 1.29 is 18.6 Å². The molecule has 2 aromatic rings. The van der Waals surface area contributed by atoms with Crippen molar-refractivity contribution in [3.05, 3.63) is 48.0 Å². The lowest BCUT2D eigenvalue weighted by Gasteiger charge is -2.40. The Hall–Kier alpha value is -2.03. The van der Waals surface area contributed by atoms with Crippen molar-refractivity contribution in [3.63, 3.8) is 0 Å². The Morgan fingerprint density at radius 2 is 1.62 bits per heavy atom. The van der Waals surface area contributed by atoms with E-state index in [-0.39, 0.29) is 0 Å². The second-order valence-corrected chi connectivity index (χ2v) is 9.43. The number of benzene rings is 1. The van der Waals surface area contributed by atoms with E-state index in [9.17, 15) is 4.57 Å². The minimum atomic E-state index is -3.38. The fourth-order valence-corrected chi connectivity index (χ4v) is 6.09. The molecule has 29 heavy (non-hydrogen) atoms. The maximum Gasteiger partial charge on any atom is 0.397 e. The lowest BCUT2D eigenvalue weighted by molar-refractivity contribution is 0.0441. The van der Waals surface area contributed by atoms with Gasteiger partial charge in [0.1, 0.15) is 0 Å². The number of imidazole rings is 1. The minimum absolute atomic E-state index is 0.293. The van der Waals surface area contributed by atoms with Gasteiger partial charge in [-0.3, -0.25) is 0 Å². The number of hydrogen-bond donors (Lipinski definition) is 0. The molecule has 0 N–H and O–H groups in total. The summed E-state index contributed by atoms with van der Waals surface area (Å²) >= 11 is 0. The average molecular weight is 417 g/mol. The summed E-state index contributed by atoms with van der Waals surface area (Å²) in [4.78, 5) is 9.21. The number of rotatable bonds is 3. The first kappa shape index (κ1) is 19.0. The van der Waals surface area contributed by atoms with Gasteiger partial charge in [-0.1, -0.05) is 18.2 Å². The van der Waals surface area contributed by atoms with Crippen molar-refractivity contribution in [1.82, 2.24) is 18.9 Å². The van der Waals surface area contributed by atoms with Gasteiger partial charge in [-0.05, 0) is 11.6 Å². The van der Waals surface area contributed by atoms with Gasteiger partial charge in [0.25, 0.3) is 5.90 Å². The highest BCUT2D eigenvalue weighted by atomic mass is 31.2. The summed E-state index contributed by atoms with van der Waals surface area (Å²) in [7, 11) is -3.38. The Morgan fingerprint density at radius 1 is 0.966 bits per heavy atom. The maximum absolute atomic E-state index is 14.3. The van der Waals surface area contributed by atoms with Crippen LogP contribution in [0, 0.1) is 0 Å². The molecular weight excluding hydrogens is 393 g/mol. The van der Waals surface area contributed by atoms with Crippen LogP contribution in [0.5, 0.6) is 0 Å². The van der Waals surface area contributed by atoms with Gasteiger partial charge in [-0.2, -0.15) is 0 Å². The summed E-state index contributed by atoms with van der Waals surface area (Å²) in [5.41, 5.74) is 1.88. The van der Waals surface area contributed by atoms with Crippen LogP contribution in [-0.2, 0) is 25.1 Å². The molecular formula is C19H24N5O4P. The molecule has 5 rings (SSSR count). The third-order valence-electron chi connectivity index (χ3n) is 5.36. The largest absolute Gasteiger partial charge is 0.399 e. The van der Waals surface area contributed by atoms with E-state index in [1.165, 1.54) is 0 Å². The Kier molecular flexibility index (Phi) is 5.24. The Labute approximate surface area is 169 Å². The Balaban J connectivity index is 1.55. The zero-order valence-electron chi connectivity index (χ0n) is 16.1. The molecule has 4 heterocycles. The summed E-state index contributed by atoms with van der Waals surface area (Å²) in [5.74, 6) is 0.879. The van der Waals surface area contributed by atoms with Crippen LogP contribution < -0.4 is 0 Å². The maximum atomic E-state index is 14.3. The molecule has 0 spiro atoms. The highest BCUT2D eigenvalue weighted by Gasteiger charge is 2.43. The number of para-hydroxylation sites is 1. The molecule has 0 bridgehead atoms. The number of nitrogens with zero attached hydrogens (tertiary/aromatic N) is 5. The highest BCUT2D eigenvalue weighted by Crippen LogP contribution is 2.55. The predicted octanol–water partition coefficient (Wildman–Crippen LogP) is 2.11. The van der Waals surface area contributed by atoms with Crippen molar-refractivity contribution >= 4 is 19.3 Å². The molecule has 0 atom stereocenters. The van der Waals surface area contributed by atoms with E-state index in [4.69, 9.17) is 19.0 Å². The van der Waals surface area contributed by atoms with Crippen LogP contribution >= 0.6 is 7.67 Å². The van der Waals surface area contributed by atoms with E-state index in [0.29, 0.717) is 70.9 Å². The molecule has 0 amide bonds. The molecule has 9 nitrogen and oxygen atoms in total. The number of fused-ring (bicyclic) bond motifs is 2. The second-order valence-electron chi connectivity index (χ2n) is 7.14. The third-order valence-corrected chi connectivity index (χ3v) is 8.00. The molecule has 1 aromatic carbocycles. The first-order valence-corrected chi connectivity index (χ1v) is 11.4. The van der Waals surface area contributed by atoms with E-state index in [1.807, 2.05) is 44.4 Å². The van der Waals surface area contributed by atoms with Crippen LogP contribution in [0.1, 0.15) is 11.4 Å². The van der Waals surface area contributed by atoms with Gasteiger partial charge in [0, 0.05) is 38.6 Å². The summed E-state index contributed by atoms with van der Waals surface area (Å²) in [6.07, 6.45) is 3.61. The van der Waals surface area contributed by atoms with Crippen LogP contribution in [0.2, 0.25) is 0 Å². The van der Waals surface area contributed by atoms with E-state index in [2.05, 4.69) is 4.98 Å². The number of aliphatic imine (C=N–C) groups is 1. The van der Waals surface area contributed by atoms with Gasteiger partial charge < -0.3 is 18.6 Å². The number of morpholine rings is 2. The minimum Gasteiger partial charge on any atom is -0.399 e. The van der Waals surface area contributed by atoms with Gasteiger partial charge in [0.2, 0.25) is 0 Å². The monoisotopic (exact) mass is 417 g/mol. The van der Waals surface area contributed by atoms with Gasteiger partial charge in [-0.15, -0.1) is 0 Å². The van der Waals surface area contributed by atoms with Crippen molar-refractivity contribution in [3.8, 4) is 0 Å². The van der Waals surface area contributed by atoms with Crippen LogP contribution in [-0.4, -0.2) is 77.4 Å². The van der Waals surface area contributed by atoms with Crippen molar-refractivity contribution in [2.24, 2.45) is 4.99 Å². The van der Waals surface area contributed by atoms with E-state index in [1.54, 1.807) is 6.20 Å². The summed E-state index contributed by atoms with van der Waals surface area (Å²) in [5, 5.41) is 0.